The fourth-order valence-corrected chi connectivity index (χ4v) is 21.1. The van der Waals surface area contributed by atoms with Gasteiger partial charge >= 0.3 is 0 Å². The van der Waals surface area contributed by atoms with Gasteiger partial charge in [-0.2, -0.15) is 10.5 Å². The van der Waals surface area contributed by atoms with Gasteiger partial charge in [0.25, 0.3) is 0 Å². The van der Waals surface area contributed by atoms with Gasteiger partial charge in [0.1, 0.15) is 0 Å². The number of para-hydroxylation sites is 20. The first-order chi connectivity index (χ1) is 68.3. The average molecular weight is 1770 g/mol. The molecule has 0 saturated carbocycles. The third-order valence-corrected chi connectivity index (χ3v) is 27.0. The van der Waals surface area contributed by atoms with Gasteiger partial charge in [0, 0.05) is 49.4 Å². The maximum Gasteiger partial charge on any atom is 0.223 e. The Morgan fingerprint density at radius 3 is 0.783 bits per heavy atom. The first kappa shape index (κ1) is 76.9. The van der Waals surface area contributed by atoms with Crippen LogP contribution in [0.15, 0.2) is 419 Å². The summed E-state index contributed by atoms with van der Waals surface area (Å²) < 4.78 is 26.8. The van der Waals surface area contributed by atoms with E-state index in [1.807, 2.05) is 127 Å². The molecule has 21 heteroatoms. The van der Waals surface area contributed by atoms with Gasteiger partial charge in [-0.25, -0.2) is 48.5 Å². The Morgan fingerprint density at radius 2 is 0.413 bits per heavy atom. The second-order valence-electron chi connectivity index (χ2n) is 34.5. The zero-order chi connectivity index (χ0) is 91.1. The van der Waals surface area contributed by atoms with Crippen molar-refractivity contribution >= 4 is 205 Å². The molecule has 642 valence electrons. The van der Waals surface area contributed by atoms with E-state index in [4.69, 9.17) is 36.5 Å². The fourth-order valence-electron chi connectivity index (χ4n) is 21.1. The van der Waals surface area contributed by atoms with Crippen molar-refractivity contribution in [2.24, 2.45) is 0 Å². The Balaban J connectivity index is 0.000000102. The summed E-state index contributed by atoms with van der Waals surface area (Å²) in [7, 11) is 0. The molecule has 138 heavy (non-hydrogen) atoms. The summed E-state index contributed by atoms with van der Waals surface area (Å²) in [4.78, 5) is 35.0. The number of aromatic nitrogens is 18. The average Bonchev–Trinajstić information content (AvgIpc) is 1.56. The van der Waals surface area contributed by atoms with E-state index in [1.165, 1.54) is 10.8 Å². The van der Waals surface area contributed by atoms with Crippen LogP contribution in [-0.2, 0) is 0 Å². The number of hydrogen-bond acceptors (Lipinski definition) is 8. The van der Waals surface area contributed by atoms with E-state index < -0.39 is 0 Å². The molecule has 0 aliphatic carbocycles. The quantitative estimate of drug-likeness (QED) is 0.147. The lowest BCUT2D eigenvalue weighted by Gasteiger charge is -2.10. The predicted molar refractivity (Wildman–Crippen MR) is 553 cm³/mol. The minimum absolute atomic E-state index is 0.597. The standard InChI is InChI=1S/3C39H23N7/c1-40-25-18-20-26(21-19-25)43-32-13-5-2-10-28(32)29-24-27(22-23-33(29)43)44-38-41-30-11-3-6-14-34(30)45(38)36-16-8-9-17-37(36)46-35-15-7-4-12-31(35)42-39(44)46;40-24-25-17-19-26(20-18-25)44-38-41-30-11-3-7-15-34(30)45(38)36-22-21-27(23-37(36)46-35-16-8-4-12-31(35)42-39(44)46)43-32-13-5-1-9-28(32)29-10-2-6-14-33(29)43;40-24-25-18-20-32-28(22-25)29-23-27(19-21-33(29)43(32)26-10-2-1-3-11-26)44-38-41-30-12-4-6-14-34(30)45(38)36-16-8-9-17-37(36)46-35-15-7-5-13-31(35)42-39(44)46/h2-24H;2*1-23H. The molecule has 0 unspecified atom stereocenters. The number of nitriles is 2. The third-order valence-electron chi connectivity index (χ3n) is 27.0. The van der Waals surface area contributed by atoms with E-state index in [9.17, 15) is 10.5 Å². The van der Waals surface area contributed by atoms with Crippen molar-refractivity contribution in [2.75, 3.05) is 0 Å². The van der Waals surface area contributed by atoms with Gasteiger partial charge in [-0.05, 0) is 237 Å². The molecule has 30 aromatic rings. The molecule has 0 N–H and O–H groups in total. The van der Waals surface area contributed by atoms with Crippen molar-refractivity contribution in [2.45, 2.75) is 0 Å². The summed E-state index contributed by atoms with van der Waals surface area (Å²) in [5, 5.41) is 26.1. The van der Waals surface area contributed by atoms with Crippen molar-refractivity contribution in [3.05, 3.63) is 441 Å². The molecule has 0 bridgehead atoms. The minimum Gasteiger partial charge on any atom is -0.309 e. The number of hydrogen-bond donors (Lipinski definition) is 0. The van der Waals surface area contributed by atoms with Gasteiger partial charge < -0.3 is 13.7 Å². The van der Waals surface area contributed by atoms with Gasteiger partial charge in [0.05, 0.1) is 179 Å². The van der Waals surface area contributed by atoms with Gasteiger partial charge in [-0.3, -0.25) is 26.4 Å². The summed E-state index contributed by atoms with van der Waals surface area (Å²) in [6.07, 6.45) is 0. The van der Waals surface area contributed by atoms with Crippen LogP contribution in [0.5, 0.6) is 0 Å². The van der Waals surface area contributed by atoms with Crippen LogP contribution in [0.3, 0.4) is 0 Å². The molecule has 0 aliphatic rings. The van der Waals surface area contributed by atoms with Crippen LogP contribution in [0, 0.1) is 29.2 Å². The molecule has 0 aliphatic heterocycles. The Hall–Kier alpha value is -19.9. The molecule has 0 fully saturated rings. The molecule has 0 atom stereocenters. The largest absolute Gasteiger partial charge is 0.309 e. The smallest absolute Gasteiger partial charge is 0.223 e. The normalized spacial score (nSPS) is 11.9. The van der Waals surface area contributed by atoms with Gasteiger partial charge in [0.15, 0.2) is 5.69 Å². The van der Waals surface area contributed by atoms with Gasteiger partial charge in [-0.1, -0.05) is 182 Å². The highest BCUT2D eigenvalue weighted by Gasteiger charge is 2.27. The second-order valence-corrected chi connectivity index (χ2v) is 34.5. The lowest BCUT2D eigenvalue weighted by atomic mass is 10.1. The van der Waals surface area contributed by atoms with E-state index in [0.717, 1.165) is 223 Å². The van der Waals surface area contributed by atoms with Crippen LogP contribution in [-0.4, -0.2) is 83.7 Å². The zero-order valence-corrected chi connectivity index (χ0v) is 73.2. The third kappa shape index (κ3) is 11.4. The molecule has 12 aromatic heterocycles. The van der Waals surface area contributed by atoms with Crippen molar-refractivity contribution in [1.82, 2.24) is 83.7 Å². The van der Waals surface area contributed by atoms with Crippen LogP contribution >= 0.6 is 0 Å². The Bertz CT molecular complexity index is 10400. The highest BCUT2D eigenvalue weighted by molar-refractivity contribution is 6.13. The lowest BCUT2D eigenvalue weighted by molar-refractivity contribution is 1.03. The van der Waals surface area contributed by atoms with Crippen LogP contribution in [0.25, 0.3) is 238 Å². The molecule has 0 saturated heterocycles. The molecule has 0 spiro atoms. The maximum atomic E-state index is 9.84. The van der Waals surface area contributed by atoms with E-state index in [2.05, 4.69) is 362 Å². The molecule has 30 rings (SSSR count). The lowest BCUT2D eigenvalue weighted by Crippen LogP contribution is -2.02. The van der Waals surface area contributed by atoms with E-state index >= 15 is 0 Å². The topological polar surface area (TPSA) is 185 Å². The second kappa shape index (κ2) is 30.0. The number of fused-ring (bicyclic) bond motifs is 36. The SMILES string of the molecule is N#Cc1ccc(-n2c3nc4ccccc4n3c3ccc(-n4c5ccccc5c5ccccc54)cc3n3c4ccccc4nc23)cc1.N#Cc1ccc2c(c1)c1cc(-n3c4nc5ccccc5n4c4ccccc4n4c5ccccc5nc34)ccc1n2-c1ccccc1.[C-]#[N+]c1ccc(-n2c3ccccc3c3cc(-n4c5nc6ccccc6n5c5ccccc5n5c6ccccc6nc45)ccc32)cc1. The Morgan fingerprint density at radius 1 is 0.181 bits per heavy atom. The predicted octanol–water partition coefficient (Wildman–Crippen LogP) is 27.0. The van der Waals surface area contributed by atoms with Gasteiger partial charge in [0.2, 0.25) is 34.7 Å². The molecule has 0 amide bonds. The molecular formula is C117H69N21. The van der Waals surface area contributed by atoms with E-state index in [0.29, 0.717) is 16.8 Å². The molecule has 12 heterocycles. The fraction of sp³-hybridized carbons (Fsp3) is 0. The van der Waals surface area contributed by atoms with Crippen molar-refractivity contribution in [3.8, 4) is 46.3 Å². The Labute approximate surface area is 781 Å². The van der Waals surface area contributed by atoms with Crippen molar-refractivity contribution in [1.29, 1.82) is 10.5 Å². The van der Waals surface area contributed by atoms with Crippen LogP contribution in [0.2, 0.25) is 0 Å². The molecular weight excluding hydrogens is 1700 g/mol. The Kier molecular flexibility index (Phi) is 16.7. The number of nitrogens with zero attached hydrogens (tertiary/aromatic N) is 21. The van der Waals surface area contributed by atoms with Crippen molar-refractivity contribution < 1.29 is 0 Å². The zero-order valence-electron chi connectivity index (χ0n) is 73.2. The number of rotatable bonds is 6. The highest BCUT2D eigenvalue weighted by atomic mass is 15.3. The van der Waals surface area contributed by atoms with Crippen LogP contribution in [0.4, 0.5) is 5.69 Å². The molecule has 18 aromatic carbocycles. The first-order valence-corrected chi connectivity index (χ1v) is 45.5. The van der Waals surface area contributed by atoms with E-state index in [-0.39, 0.29) is 0 Å². The summed E-state index contributed by atoms with van der Waals surface area (Å²) in [5.41, 5.74) is 31.9. The maximum absolute atomic E-state index is 9.84. The number of benzene rings is 18. The van der Waals surface area contributed by atoms with E-state index in [1.54, 1.807) is 0 Å². The first-order valence-electron chi connectivity index (χ1n) is 45.5. The van der Waals surface area contributed by atoms with Crippen molar-refractivity contribution in [3.63, 3.8) is 0 Å². The van der Waals surface area contributed by atoms with Crippen LogP contribution in [0.1, 0.15) is 11.1 Å². The summed E-state index contributed by atoms with van der Waals surface area (Å²) in [6.45, 7) is 7.40. The summed E-state index contributed by atoms with van der Waals surface area (Å²) in [6, 6.07) is 148. The summed E-state index contributed by atoms with van der Waals surface area (Å²) >= 11 is 0. The molecule has 0 radical (unpaired) electrons. The minimum atomic E-state index is 0.597. The van der Waals surface area contributed by atoms with Gasteiger partial charge in [-0.15, -0.1) is 0 Å². The van der Waals surface area contributed by atoms with Crippen LogP contribution < -0.4 is 0 Å². The highest BCUT2D eigenvalue weighted by Crippen LogP contribution is 2.42. The summed E-state index contributed by atoms with van der Waals surface area (Å²) in [5.74, 6) is 4.52. The number of imidazole rings is 6. The molecule has 21 nitrogen and oxygen atoms in total. The monoisotopic (exact) mass is 1770 g/mol.